The van der Waals surface area contributed by atoms with Gasteiger partial charge in [-0.15, -0.1) is 0 Å². The Bertz CT molecular complexity index is 612. The number of para-hydroxylation sites is 2. The van der Waals surface area contributed by atoms with Crippen LogP contribution >= 0.6 is 0 Å². The summed E-state index contributed by atoms with van der Waals surface area (Å²) in [7, 11) is 2.12. The molecular formula is C17H25N3O. The summed E-state index contributed by atoms with van der Waals surface area (Å²) in [4.78, 5) is 7.06. The number of fused-ring (bicyclic) bond motifs is 1. The lowest BCUT2D eigenvalue weighted by molar-refractivity contribution is -0.0170. The molecule has 0 bridgehead atoms. The second kappa shape index (κ2) is 5.78. The van der Waals surface area contributed by atoms with E-state index in [-0.39, 0.29) is 0 Å². The minimum absolute atomic E-state index is 0.598. The molecule has 1 aromatic heterocycles. The zero-order valence-electron chi connectivity index (χ0n) is 13.0. The Labute approximate surface area is 126 Å². The topological polar surface area (TPSA) is 41.3 Å². The quantitative estimate of drug-likeness (QED) is 0.939. The summed E-state index contributed by atoms with van der Waals surface area (Å²) < 4.78 is 2.28. The van der Waals surface area contributed by atoms with Crippen molar-refractivity contribution in [2.75, 3.05) is 20.1 Å². The molecule has 0 unspecified atom stereocenters. The van der Waals surface area contributed by atoms with Crippen molar-refractivity contribution in [2.45, 2.75) is 44.8 Å². The third-order valence-electron chi connectivity index (χ3n) is 4.59. The second-order valence-electron chi connectivity index (χ2n) is 6.37. The highest BCUT2D eigenvalue weighted by atomic mass is 16.3. The fourth-order valence-electron chi connectivity index (χ4n) is 3.24. The molecule has 2 aromatic rings. The number of aryl methyl sites for hydroxylation is 1. The maximum absolute atomic E-state index is 10.9. The highest BCUT2D eigenvalue weighted by Gasteiger charge is 2.33. The molecule has 0 radical (unpaired) electrons. The molecule has 21 heavy (non-hydrogen) atoms. The second-order valence-corrected chi connectivity index (χ2v) is 6.37. The van der Waals surface area contributed by atoms with Crippen molar-refractivity contribution >= 4 is 11.0 Å². The van der Waals surface area contributed by atoms with Crippen molar-refractivity contribution in [2.24, 2.45) is 0 Å². The Kier molecular flexibility index (Phi) is 4.00. The lowest BCUT2D eigenvalue weighted by Gasteiger charge is -2.36. The van der Waals surface area contributed by atoms with Crippen LogP contribution in [0.25, 0.3) is 11.0 Å². The van der Waals surface area contributed by atoms with Crippen LogP contribution in [0.5, 0.6) is 0 Å². The van der Waals surface area contributed by atoms with Crippen LogP contribution in [0.15, 0.2) is 24.3 Å². The van der Waals surface area contributed by atoms with Gasteiger partial charge in [0, 0.05) is 26.1 Å². The SMILES string of the molecule is CCCn1c(CC2(O)CCN(C)CC2)nc2ccccc21. The third-order valence-corrected chi connectivity index (χ3v) is 4.59. The predicted octanol–water partition coefficient (Wildman–Crippen LogP) is 2.45. The van der Waals surface area contributed by atoms with Crippen LogP contribution in [-0.2, 0) is 13.0 Å². The van der Waals surface area contributed by atoms with Gasteiger partial charge in [-0.05, 0) is 38.4 Å². The fraction of sp³-hybridized carbons (Fsp3) is 0.588. The summed E-state index contributed by atoms with van der Waals surface area (Å²) >= 11 is 0. The minimum atomic E-state index is -0.598. The van der Waals surface area contributed by atoms with Gasteiger partial charge in [-0.2, -0.15) is 0 Å². The van der Waals surface area contributed by atoms with Gasteiger partial charge in [-0.25, -0.2) is 4.98 Å². The van der Waals surface area contributed by atoms with Gasteiger partial charge in [0.05, 0.1) is 16.6 Å². The van der Waals surface area contributed by atoms with Gasteiger partial charge >= 0.3 is 0 Å². The molecule has 0 atom stereocenters. The summed E-state index contributed by atoms with van der Waals surface area (Å²) in [6.45, 7) is 5.07. The molecule has 114 valence electrons. The Morgan fingerprint density at radius 1 is 1.24 bits per heavy atom. The van der Waals surface area contributed by atoms with Gasteiger partial charge in [0.25, 0.3) is 0 Å². The molecule has 1 saturated heterocycles. The zero-order chi connectivity index (χ0) is 14.9. The molecule has 3 rings (SSSR count). The molecule has 1 fully saturated rings. The number of hydrogen-bond acceptors (Lipinski definition) is 3. The van der Waals surface area contributed by atoms with E-state index in [2.05, 4.69) is 41.6 Å². The molecule has 4 nitrogen and oxygen atoms in total. The van der Waals surface area contributed by atoms with Crippen LogP contribution in [0.2, 0.25) is 0 Å². The number of aromatic nitrogens is 2. The van der Waals surface area contributed by atoms with Crippen molar-refractivity contribution < 1.29 is 5.11 Å². The van der Waals surface area contributed by atoms with E-state index in [1.54, 1.807) is 0 Å². The molecule has 1 N–H and O–H groups in total. The van der Waals surface area contributed by atoms with Gasteiger partial charge in [-0.3, -0.25) is 0 Å². The van der Waals surface area contributed by atoms with E-state index in [0.29, 0.717) is 6.42 Å². The first kappa shape index (κ1) is 14.5. The summed E-state index contributed by atoms with van der Waals surface area (Å²) in [5.74, 6) is 1.03. The molecule has 0 spiro atoms. The zero-order valence-corrected chi connectivity index (χ0v) is 13.0. The highest BCUT2D eigenvalue weighted by molar-refractivity contribution is 5.75. The van der Waals surface area contributed by atoms with Crippen LogP contribution in [0.4, 0.5) is 0 Å². The van der Waals surface area contributed by atoms with Gasteiger partial charge < -0.3 is 14.6 Å². The molecular weight excluding hydrogens is 262 g/mol. The first-order valence-corrected chi connectivity index (χ1v) is 7.96. The maximum atomic E-state index is 10.9. The molecule has 1 aromatic carbocycles. The van der Waals surface area contributed by atoms with E-state index >= 15 is 0 Å². The Hall–Kier alpha value is -1.39. The number of piperidine rings is 1. The van der Waals surface area contributed by atoms with Crippen LogP contribution in [0.3, 0.4) is 0 Å². The van der Waals surface area contributed by atoms with E-state index in [1.807, 2.05) is 6.07 Å². The standard InChI is InChI=1S/C17H25N3O/c1-3-10-20-15-7-5-4-6-14(15)18-16(20)13-17(21)8-11-19(2)12-9-17/h4-7,21H,3,8-13H2,1-2H3. The van der Waals surface area contributed by atoms with E-state index in [1.165, 1.54) is 5.52 Å². The van der Waals surface area contributed by atoms with E-state index < -0.39 is 5.60 Å². The van der Waals surface area contributed by atoms with Crippen LogP contribution in [0.1, 0.15) is 32.0 Å². The number of benzene rings is 1. The first-order chi connectivity index (χ1) is 10.1. The molecule has 0 saturated carbocycles. The predicted molar refractivity (Wildman–Crippen MR) is 85.4 cm³/mol. The van der Waals surface area contributed by atoms with Crippen molar-refractivity contribution in [1.29, 1.82) is 0 Å². The monoisotopic (exact) mass is 287 g/mol. The van der Waals surface area contributed by atoms with Crippen LogP contribution in [-0.4, -0.2) is 45.3 Å². The number of hydrogen-bond donors (Lipinski definition) is 1. The van der Waals surface area contributed by atoms with Gasteiger partial charge in [0.1, 0.15) is 5.82 Å². The van der Waals surface area contributed by atoms with Crippen molar-refractivity contribution in [3.63, 3.8) is 0 Å². The van der Waals surface area contributed by atoms with Gasteiger partial charge in [0.2, 0.25) is 0 Å². The van der Waals surface area contributed by atoms with Crippen LogP contribution < -0.4 is 0 Å². The number of aliphatic hydroxyl groups is 1. The van der Waals surface area contributed by atoms with Crippen molar-refractivity contribution in [1.82, 2.24) is 14.5 Å². The first-order valence-electron chi connectivity index (χ1n) is 7.96. The normalized spacial score (nSPS) is 19.2. The van der Waals surface area contributed by atoms with Gasteiger partial charge in [0.15, 0.2) is 0 Å². The van der Waals surface area contributed by atoms with E-state index in [0.717, 1.165) is 50.2 Å². The van der Waals surface area contributed by atoms with E-state index in [9.17, 15) is 5.11 Å². The Balaban J connectivity index is 1.91. The minimum Gasteiger partial charge on any atom is -0.389 e. The molecule has 2 heterocycles. The van der Waals surface area contributed by atoms with Crippen LogP contribution in [0, 0.1) is 0 Å². The molecule has 0 aliphatic carbocycles. The largest absolute Gasteiger partial charge is 0.389 e. The van der Waals surface area contributed by atoms with Gasteiger partial charge in [-0.1, -0.05) is 19.1 Å². The molecule has 1 aliphatic rings. The lowest BCUT2D eigenvalue weighted by atomic mass is 9.88. The number of imidazole rings is 1. The number of rotatable bonds is 4. The summed E-state index contributed by atoms with van der Waals surface area (Å²) in [6, 6.07) is 8.27. The number of likely N-dealkylation sites (tertiary alicyclic amines) is 1. The third kappa shape index (κ3) is 2.97. The molecule has 4 heteroatoms. The summed E-state index contributed by atoms with van der Waals surface area (Å²) in [5.41, 5.74) is 1.63. The average molecular weight is 287 g/mol. The lowest BCUT2D eigenvalue weighted by Crippen LogP contribution is -2.44. The van der Waals surface area contributed by atoms with E-state index in [4.69, 9.17) is 4.98 Å². The smallest absolute Gasteiger partial charge is 0.112 e. The summed E-state index contributed by atoms with van der Waals surface area (Å²) in [5, 5.41) is 10.9. The summed E-state index contributed by atoms with van der Waals surface area (Å²) in [6.07, 6.45) is 3.40. The fourth-order valence-corrected chi connectivity index (χ4v) is 3.24. The number of nitrogens with zero attached hydrogens (tertiary/aromatic N) is 3. The average Bonchev–Trinajstić information content (AvgIpc) is 2.81. The van der Waals surface area contributed by atoms with Crippen molar-refractivity contribution in [3.05, 3.63) is 30.1 Å². The highest BCUT2D eigenvalue weighted by Crippen LogP contribution is 2.27. The molecule has 0 amide bonds. The molecule has 1 aliphatic heterocycles. The van der Waals surface area contributed by atoms with Crippen molar-refractivity contribution in [3.8, 4) is 0 Å². The Morgan fingerprint density at radius 2 is 1.95 bits per heavy atom. The Morgan fingerprint density at radius 3 is 2.67 bits per heavy atom. The maximum Gasteiger partial charge on any atom is 0.112 e.